The van der Waals surface area contributed by atoms with Crippen LogP contribution in [0.2, 0.25) is 0 Å². The number of esters is 1. The molecular weight excluding hydrogens is 270 g/mol. The van der Waals surface area contributed by atoms with E-state index in [9.17, 15) is 4.79 Å². The molecule has 0 amide bonds. The van der Waals surface area contributed by atoms with Gasteiger partial charge in [-0.1, -0.05) is 13.0 Å². The van der Waals surface area contributed by atoms with Gasteiger partial charge in [0.15, 0.2) is 0 Å². The van der Waals surface area contributed by atoms with Crippen LogP contribution in [0.15, 0.2) is 16.6 Å². The Hall–Kier alpha value is -1.34. The van der Waals surface area contributed by atoms with Gasteiger partial charge in [0, 0.05) is 4.47 Å². The highest BCUT2D eigenvalue weighted by Gasteiger charge is 2.11. The minimum Gasteiger partial charge on any atom is -0.469 e. The first-order valence-corrected chi connectivity index (χ1v) is 5.69. The van der Waals surface area contributed by atoms with Crippen LogP contribution < -0.4 is 0 Å². The Morgan fingerprint density at radius 2 is 2.25 bits per heavy atom. The first kappa shape index (κ1) is 12.7. The second-order valence-electron chi connectivity index (χ2n) is 3.33. The monoisotopic (exact) mass is 281 g/mol. The van der Waals surface area contributed by atoms with E-state index in [1.807, 2.05) is 19.1 Å². The Morgan fingerprint density at radius 1 is 1.56 bits per heavy atom. The minimum absolute atomic E-state index is 0.180. The number of hydrogen-bond acceptors (Lipinski definition) is 3. The lowest BCUT2D eigenvalue weighted by molar-refractivity contribution is -0.139. The van der Waals surface area contributed by atoms with Crippen LogP contribution in [-0.2, 0) is 22.4 Å². The maximum absolute atomic E-state index is 11.2. The average molecular weight is 282 g/mol. The van der Waals surface area contributed by atoms with Crippen molar-refractivity contribution < 1.29 is 9.53 Å². The van der Waals surface area contributed by atoms with Crippen molar-refractivity contribution in [2.24, 2.45) is 0 Å². The van der Waals surface area contributed by atoms with Crippen molar-refractivity contribution in [3.63, 3.8) is 0 Å². The molecule has 0 spiro atoms. The van der Waals surface area contributed by atoms with Crippen LogP contribution in [0.1, 0.15) is 23.6 Å². The second-order valence-corrected chi connectivity index (χ2v) is 4.13. The number of carbonyl (C=O) groups excluding carboxylic acids is 1. The van der Waals surface area contributed by atoms with Gasteiger partial charge in [0.25, 0.3) is 0 Å². The van der Waals surface area contributed by atoms with Crippen molar-refractivity contribution in [2.75, 3.05) is 7.11 Å². The number of ether oxygens (including phenoxy) is 1. The largest absolute Gasteiger partial charge is 0.469 e. The SMILES string of the molecule is CCc1cc(C#N)c(Br)c(CC(=O)OC)c1. The van der Waals surface area contributed by atoms with Crippen LogP contribution >= 0.6 is 15.9 Å². The standard InChI is InChI=1S/C12H12BrNO2/c1-3-8-4-9(6-11(15)16-2)12(13)10(5-8)7-14/h4-5H,3,6H2,1-2H3. The molecule has 0 fully saturated rings. The second kappa shape index (κ2) is 5.66. The van der Waals surface area contributed by atoms with E-state index >= 15 is 0 Å². The Bertz CT molecular complexity index is 449. The summed E-state index contributed by atoms with van der Waals surface area (Å²) in [6, 6.07) is 5.85. The number of halogens is 1. The predicted molar refractivity (Wildman–Crippen MR) is 64.0 cm³/mol. The summed E-state index contributed by atoms with van der Waals surface area (Å²) in [5.41, 5.74) is 2.39. The molecule has 0 atom stereocenters. The fraction of sp³-hybridized carbons (Fsp3) is 0.333. The van der Waals surface area contributed by atoms with Crippen molar-refractivity contribution in [1.29, 1.82) is 5.26 Å². The lowest BCUT2D eigenvalue weighted by atomic mass is 10.0. The van der Waals surface area contributed by atoms with Crippen molar-refractivity contribution in [2.45, 2.75) is 19.8 Å². The van der Waals surface area contributed by atoms with E-state index in [2.05, 4.69) is 26.7 Å². The van der Waals surface area contributed by atoms with Gasteiger partial charge < -0.3 is 4.74 Å². The zero-order valence-electron chi connectivity index (χ0n) is 9.21. The molecule has 0 saturated carbocycles. The molecule has 16 heavy (non-hydrogen) atoms. The zero-order valence-corrected chi connectivity index (χ0v) is 10.8. The maximum Gasteiger partial charge on any atom is 0.310 e. The highest BCUT2D eigenvalue weighted by Crippen LogP contribution is 2.24. The summed E-state index contributed by atoms with van der Waals surface area (Å²) in [5, 5.41) is 8.96. The molecule has 0 bridgehead atoms. The normalized spacial score (nSPS) is 9.62. The van der Waals surface area contributed by atoms with Gasteiger partial charge in [-0.2, -0.15) is 5.26 Å². The molecule has 0 aromatic heterocycles. The van der Waals surface area contributed by atoms with E-state index in [1.54, 1.807) is 0 Å². The fourth-order valence-electron chi connectivity index (χ4n) is 1.39. The predicted octanol–water partition coefficient (Wildman–Crippen LogP) is 2.60. The van der Waals surface area contributed by atoms with Gasteiger partial charge in [0.1, 0.15) is 6.07 Å². The third-order valence-corrected chi connectivity index (χ3v) is 3.24. The molecule has 4 heteroatoms. The number of aryl methyl sites for hydroxylation is 1. The van der Waals surface area contributed by atoms with Crippen molar-refractivity contribution in [3.05, 3.63) is 33.3 Å². The quantitative estimate of drug-likeness (QED) is 0.801. The average Bonchev–Trinajstić information content (AvgIpc) is 2.31. The molecule has 3 nitrogen and oxygen atoms in total. The van der Waals surface area contributed by atoms with Gasteiger partial charge in [0.05, 0.1) is 19.1 Å². The molecule has 0 radical (unpaired) electrons. The topological polar surface area (TPSA) is 50.1 Å². The Kier molecular flexibility index (Phi) is 4.51. The van der Waals surface area contributed by atoms with Gasteiger partial charge in [-0.3, -0.25) is 4.79 Å². The summed E-state index contributed by atoms with van der Waals surface area (Å²) in [6.45, 7) is 2.01. The van der Waals surface area contributed by atoms with Crippen molar-refractivity contribution in [1.82, 2.24) is 0 Å². The van der Waals surface area contributed by atoms with E-state index in [4.69, 9.17) is 5.26 Å². The van der Waals surface area contributed by atoms with Gasteiger partial charge in [-0.25, -0.2) is 0 Å². The van der Waals surface area contributed by atoms with Gasteiger partial charge in [-0.15, -0.1) is 0 Å². The first-order valence-electron chi connectivity index (χ1n) is 4.90. The van der Waals surface area contributed by atoms with Gasteiger partial charge >= 0.3 is 5.97 Å². The zero-order chi connectivity index (χ0) is 12.1. The molecule has 1 aromatic rings. The van der Waals surface area contributed by atoms with Crippen LogP contribution in [0, 0.1) is 11.3 Å². The number of nitriles is 1. The van der Waals surface area contributed by atoms with Crippen LogP contribution in [0.4, 0.5) is 0 Å². The number of rotatable bonds is 3. The number of methoxy groups -OCH3 is 1. The summed E-state index contributed by atoms with van der Waals surface area (Å²) in [4.78, 5) is 11.2. The van der Waals surface area contributed by atoms with Crippen molar-refractivity contribution in [3.8, 4) is 6.07 Å². The third kappa shape index (κ3) is 2.83. The molecule has 0 aliphatic carbocycles. The lowest BCUT2D eigenvalue weighted by Crippen LogP contribution is -2.06. The van der Waals surface area contributed by atoms with Crippen LogP contribution in [0.5, 0.6) is 0 Å². The Balaban J connectivity index is 3.17. The van der Waals surface area contributed by atoms with E-state index in [0.29, 0.717) is 10.0 Å². The number of carbonyl (C=O) groups is 1. The highest BCUT2D eigenvalue weighted by atomic mass is 79.9. The summed E-state index contributed by atoms with van der Waals surface area (Å²) in [6.07, 6.45) is 1.01. The molecule has 84 valence electrons. The summed E-state index contributed by atoms with van der Waals surface area (Å²) in [7, 11) is 1.35. The van der Waals surface area contributed by atoms with E-state index < -0.39 is 0 Å². The molecule has 0 heterocycles. The van der Waals surface area contributed by atoms with Crippen LogP contribution in [0.3, 0.4) is 0 Å². The molecule has 0 saturated heterocycles. The maximum atomic E-state index is 11.2. The van der Waals surface area contributed by atoms with E-state index in [0.717, 1.165) is 17.5 Å². The van der Waals surface area contributed by atoms with Crippen molar-refractivity contribution >= 4 is 21.9 Å². The number of benzene rings is 1. The molecule has 0 aliphatic rings. The molecule has 0 N–H and O–H groups in total. The lowest BCUT2D eigenvalue weighted by Gasteiger charge is -2.07. The van der Waals surface area contributed by atoms with Crippen LogP contribution in [0.25, 0.3) is 0 Å². The minimum atomic E-state index is -0.308. The molecule has 1 rings (SSSR count). The summed E-state index contributed by atoms with van der Waals surface area (Å²) >= 11 is 3.33. The first-order chi connectivity index (χ1) is 7.62. The van der Waals surface area contributed by atoms with E-state index in [1.165, 1.54) is 7.11 Å². The molecule has 1 aromatic carbocycles. The smallest absolute Gasteiger partial charge is 0.310 e. The van der Waals surface area contributed by atoms with Gasteiger partial charge in [0.2, 0.25) is 0 Å². The highest BCUT2D eigenvalue weighted by molar-refractivity contribution is 9.10. The Morgan fingerprint density at radius 3 is 2.75 bits per heavy atom. The third-order valence-electron chi connectivity index (χ3n) is 2.30. The number of nitrogens with zero attached hydrogens (tertiary/aromatic N) is 1. The fourth-order valence-corrected chi connectivity index (χ4v) is 1.85. The summed E-state index contributed by atoms with van der Waals surface area (Å²) in [5.74, 6) is -0.308. The summed E-state index contributed by atoms with van der Waals surface area (Å²) < 4.78 is 5.29. The van der Waals surface area contributed by atoms with Crippen LogP contribution in [-0.4, -0.2) is 13.1 Å². The number of hydrogen-bond donors (Lipinski definition) is 0. The Labute approximate surface area is 103 Å². The molecular formula is C12H12BrNO2. The van der Waals surface area contributed by atoms with Gasteiger partial charge in [-0.05, 0) is 39.5 Å². The molecule has 0 unspecified atom stereocenters. The molecule has 0 aliphatic heterocycles. The van der Waals surface area contributed by atoms with E-state index in [-0.39, 0.29) is 12.4 Å².